The summed E-state index contributed by atoms with van der Waals surface area (Å²) in [5.41, 5.74) is 3.59. The predicted molar refractivity (Wildman–Crippen MR) is 123 cm³/mol. The fourth-order valence-corrected chi connectivity index (χ4v) is 3.97. The van der Waals surface area contributed by atoms with Crippen molar-refractivity contribution in [2.45, 2.75) is 13.8 Å². The third-order valence-electron chi connectivity index (χ3n) is 5.45. The molecule has 1 heterocycles. The molecule has 3 aromatic carbocycles. The number of rotatable bonds is 6. The predicted octanol–water partition coefficient (Wildman–Crippen LogP) is 4.81. The van der Waals surface area contributed by atoms with E-state index >= 15 is 0 Å². The van der Waals surface area contributed by atoms with Gasteiger partial charge < -0.3 is 9.64 Å². The topological polar surface area (TPSA) is 49.9 Å². The zero-order valence-corrected chi connectivity index (χ0v) is 17.8. The molecule has 0 radical (unpaired) electrons. The summed E-state index contributed by atoms with van der Waals surface area (Å²) in [5.74, 6) is -0.147. The van der Waals surface area contributed by atoms with Gasteiger partial charge in [-0.25, -0.2) is 4.90 Å². The molecule has 0 aliphatic carbocycles. The van der Waals surface area contributed by atoms with Crippen LogP contribution in [0.15, 0.2) is 84.6 Å². The molecule has 0 spiro atoms. The number of carbonyl (C=O) groups is 2. The van der Waals surface area contributed by atoms with Crippen molar-refractivity contribution in [3.8, 4) is 5.75 Å². The normalized spacial score (nSPS) is 13.7. The zero-order valence-electron chi connectivity index (χ0n) is 17.8. The lowest BCUT2D eigenvalue weighted by Gasteiger charge is -2.25. The van der Waals surface area contributed by atoms with Gasteiger partial charge in [0.05, 0.1) is 18.4 Å². The lowest BCUT2D eigenvalue weighted by Crippen LogP contribution is -2.35. The van der Waals surface area contributed by atoms with Crippen LogP contribution in [0.25, 0.3) is 5.57 Å². The van der Waals surface area contributed by atoms with Gasteiger partial charge in [-0.1, -0.05) is 54.6 Å². The fraction of sp³-hybridized carbons (Fsp3) is 0.154. The van der Waals surface area contributed by atoms with Crippen molar-refractivity contribution in [3.63, 3.8) is 0 Å². The molecular weight excluding hydrogens is 388 g/mol. The molecule has 0 unspecified atom stereocenters. The highest BCUT2D eigenvalue weighted by Gasteiger charge is 2.43. The van der Waals surface area contributed by atoms with Crippen molar-refractivity contribution in [3.05, 3.63) is 95.7 Å². The van der Waals surface area contributed by atoms with E-state index in [1.54, 1.807) is 19.2 Å². The first-order valence-electron chi connectivity index (χ1n) is 10.2. The third-order valence-corrected chi connectivity index (χ3v) is 5.45. The Bertz CT molecular complexity index is 1170. The fourth-order valence-electron chi connectivity index (χ4n) is 3.97. The van der Waals surface area contributed by atoms with Gasteiger partial charge in [0.15, 0.2) is 0 Å². The lowest BCUT2D eigenvalue weighted by molar-refractivity contribution is -0.120. The Kier molecular flexibility index (Phi) is 5.58. The molecule has 1 aliphatic heterocycles. The largest absolute Gasteiger partial charge is 0.496 e. The summed E-state index contributed by atoms with van der Waals surface area (Å²) >= 11 is 0. The minimum atomic E-state index is -0.354. The first-order valence-corrected chi connectivity index (χ1v) is 10.2. The highest BCUT2D eigenvalue weighted by Crippen LogP contribution is 2.40. The molecular formula is C26H24N2O3. The third kappa shape index (κ3) is 3.48. The smallest absolute Gasteiger partial charge is 0.282 e. The van der Waals surface area contributed by atoms with E-state index in [4.69, 9.17) is 4.74 Å². The lowest BCUT2D eigenvalue weighted by atomic mass is 10.0. The van der Waals surface area contributed by atoms with Crippen molar-refractivity contribution in [1.29, 1.82) is 0 Å². The summed E-state index contributed by atoms with van der Waals surface area (Å²) in [6, 6.07) is 24.4. The van der Waals surface area contributed by atoms with Crippen molar-refractivity contribution in [2.24, 2.45) is 0 Å². The molecule has 5 nitrogen and oxygen atoms in total. The van der Waals surface area contributed by atoms with Crippen LogP contribution in [0.4, 0.5) is 11.4 Å². The molecule has 2 amide bonds. The number of benzene rings is 3. The Morgan fingerprint density at radius 1 is 0.839 bits per heavy atom. The van der Waals surface area contributed by atoms with Crippen LogP contribution in [-0.4, -0.2) is 25.5 Å². The van der Waals surface area contributed by atoms with E-state index in [9.17, 15) is 9.59 Å². The molecule has 4 rings (SSSR count). The first-order chi connectivity index (χ1) is 15.1. The monoisotopic (exact) mass is 412 g/mol. The molecule has 0 bridgehead atoms. The second-order valence-corrected chi connectivity index (χ2v) is 7.24. The number of aryl methyl sites for hydroxylation is 1. The number of ether oxygens (including phenoxy) is 1. The van der Waals surface area contributed by atoms with Crippen LogP contribution in [0.3, 0.4) is 0 Å². The number of amides is 2. The summed E-state index contributed by atoms with van der Waals surface area (Å²) in [4.78, 5) is 30.7. The molecule has 1 aliphatic rings. The van der Waals surface area contributed by atoms with E-state index in [1.807, 2.05) is 85.5 Å². The minimum absolute atomic E-state index is 0.342. The molecule has 0 fully saturated rings. The number of anilines is 2. The van der Waals surface area contributed by atoms with E-state index in [0.717, 1.165) is 11.3 Å². The molecule has 31 heavy (non-hydrogen) atoms. The molecule has 0 atom stereocenters. The molecule has 0 aromatic heterocycles. The van der Waals surface area contributed by atoms with E-state index in [1.165, 1.54) is 4.90 Å². The zero-order chi connectivity index (χ0) is 22.0. The molecule has 3 aromatic rings. The Hall–Kier alpha value is -3.86. The quantitative estimate of drug-likeness (QED) is 0.545. The van der Waals surface area contributed by atoms with Crippen LogP contribution in [0, 0.1) is 6.92 Å². The van der Waals surface area contributed by atoms with E-state index in [0.29, 0.717) is 34.8 Å². The average molecular weight is 412 g/mol. The summed E-state index contributed by atoms with van der Waals surface area (Å²) < 4.78 is 5.54. The van der Waals surface area contributed by atoms with Crippen molar-refractivity contribution < 1.29 is 14.3 Å². The van der Waals surface area contributed by atoms with Gasteiger partial charge in [0.25, 0.3) is 11.8 Å². The Morgan fingerprint density at radius 3 is 2.16 bits per heavy atom. The van der Waals surface area contributed by atoms with E-state index in [2.05, 4.69) is 0 Å². The molecule has 5 heteroatoms. The molecule has 156 valence electrons. The van der Waals surface area contributed by atoms with Crippen LogP contribution in [0.2, 0.25) is 0 Å². The second-order valence-electron chi connectivity index (χ2n) is 7.24. The van der Waals surface area contributed by atoms with E-state index in [-0.39, 0.29) is 11.8 Å². The summed E-state index contributed by atoms with van der Waals surface area (Å²) in [7, 11) is 1.56. The van der Waals surface area contributed by atoms with Crippen LogP contribution >= 0.6 is 0 Å². The SMILES string of the molecule is CCN(C1=C(c2ccccc2OC)C(=O)N(c2ccccc2C)C1=O)c1ccccc1. The molecule has 0 N–H and O–H groups in total. The Labute approximate surface area is 182 Å². The van der Waals surface area contributed by atoms with E-state index < -0.39 is 0 Å². The van der Waals surface area contributed by atoms with Crippen LogP contribution in [0.1, 0.15) is 18.1 Å². The molecule has 0 saturated carbocycles. The number of nitrogens with zero attached hydrogens (tertiary/aromatic N) is 2. The summed E-state index contributed by atoms with van der Waals surface area (Å²) in [5, 5.41) is 0. The van der Waals surface area contributed by atoms with Crippen molar-refractivity contribution in [2.75, 3.05) is 23.5 Å². The Morgan fingerprint density at radius 2 is 1.48 bits per heavy atom. The van der Waals surface area contributed by atoms with Gasteiger partial charge in [0, 0.05) is 17.8 Å². The van der Waals surface area contributed by atoms with Gasteiger partial charge in [0.1, 0.15) is 11.4 Å². The summed E-state index contributed by atoms with van der Waals surface area (Å²) in [6.07, 6.45) is 0. The number of hydrogen-bond acceptors (Lipinski definition) is 4. The number of methoxy groups -OCH3 is 1. The van der Waals surface area contributed by atoms with Crippen LogP contribution in [0.5, 0.6) is 5.75 Å². The maximum absolute atomic E-state index is 13.8. The maximum Gasteiger partial charge on any atom is 0.282 e. The van der Waals surface area contributed by atoms with Gasteiger partial charge in [-0.2, -0.15) is 0 Å². The van der Waals surface area contributed by atoms with Crippen molar-refractivity contribution in [1.82, 2.24) is 0 Å². The van der Waals surface area contributed by atoms with Gasteiger partial charge in [0.2, 0.25) is 0 Å². The number of hydrogen-bond donors (Lipinski definition) is 0. The van der Waals surface area contributed by atoms with Crippen LogP contribution < -0.4 is 14.5 Å². The van der Waals surface area contributed by atoms with Crippen molar-refractivity contribution >= 4 is 28.8 Å². The average Bonchev–Trinajstić information content (AvgIpc) is 3.05. The minimum Gasteiger partial charge on any atom is -0.496 e. The first kappa shape index (κ1) is 20.4. The number of carbonyl (C=O) groups excluding carboxylic acids is 2. The Balaban J connectivity index is 1.97. The van der Waals surface area contributed by atoms with Gasteiger partial charge in [-0.3, -0.25) is 9.59 Å². The summed E-state index contributed by atoms with van der Waals surface area (Å²) in [6.45, 7) is 4.39. The maximum atomic E-state index is 13.8. The molecule has 0 saturated heterocycles. The van der Waals surface area contributed by atoms with Crippen LogP contribution in [-0.2, 0) is 9.59 Å². The highest BCUT2D eigenvalue weighted by molar-refractivity contribution is 6.46. The number of imide groups is 1. The highest BCUT2D eigenvalue weighted by atomic mass is 16.5. The van der Waals surface area contributed by atoms with Gasteiger partial charge in [-0.05, 0) is 43.7 Å². The van der Waals surface area contributed by atoms with Gasteiger partial charge >= 0.3 is 0 Å². The van der Waals surface area contributed by atoms with Gasteiger partial charge in [-0.15, -0.1) is 0 Å². The standard InChI is InChI=1S/C26H24N2O3/c1-4-27(19-13-6-5-7-14-19)24-23(20-15-9-11-17-22(20)31-3)25(29)28(26(24)30)21-16-10-8-12-18(21)2/h5-17H,4H2,1-3H3. The number of likely N-dealkylation sites (N-methyl/N-ethyl adjacent to an activating group) is 1. The number of para-hydroxylation sites is 3. The second kappa shape index (κ2) is 8.48.